The Morgan fingerprint density at radius 3 is 1.18 bits per heavy atom. The van der Waals surface area contributed by atoms with Crippen molar-refractivity contribution in [3.05, 3.63) is 127 Å². The van der Waals surface area contributed by atoms with Crippen LogP contribution in [0, 0.1) is 0 Å². The number of hydrogen-bond donors (Lipinski definition) is 0. The average molecular weight is 471 g/mol. The maximum absolute atomic E-state index is 7.19. The Morgan fingerprint density at radius 2 is 0.821 bits per heavy atom. The van der Waals surface area contributed by atoms with Crippen LogP contribution in [0.2, 0.25) is 0 Å². The van der Waals surface area contributed by atoms with Crippen molar-refractivity contribution in [1.82, 2.24) is 0 Å². The van der Waals surface area contributed by atoms with E-state index in [4.69, 9.17) is 3.07 Å². The van der Waals surface area contributed by atoms with Gasteiger partial charge >= 0.3 is 173 Å². The Kier molecular flexibility index (Phi) is 5.94. The third-order valence-corrected chi connectivity index (χ3v) is 17.0. The van der Waals surface area contributed by atoms with E-state index < -0.39 is 18.8 Å². The molecule has 0 aliphatic heterocycles. The summed E-state index contributed by atoms with van der Waals surface area (Å²) in [7, 11) is 0. The minimum atomic E-state index is -3.68. The molecule has 1 nitrogen and oxygen atoms in total. The minimum absolute atomic E-state index is 0.0117. The van der Waals surface area contributed by atoms with Gasteiger partial charge in [0.1, 0.15) is 0 Å². The van der Waals surface area contributed by atoms with Crippen LogP contribution in [0.15, 0.2) is 121 Å². The molecular formula is C26H24OSn. The van der Waals surface area contributed by atoms with E-state index >= 15 is 0 Å². The summed E-state index contributed by atoms with van der Waals surface area (Å²) in [5.41, 5.74) is 1.21. The molecule has 0 fully saturated rings. The summed E-state index contributed by atoms with van der Waals surface area (Å²) in [6.45, 7) is 2.18. The van der Waals surface area contributed by atoms with Crippen LogP contribution in [0.3, 0.4) is 0 Å². The second-order valence-corrected chi connectivity index (χ2v) is 16.5. The van der Waals surface area contributed by atoms with Crippen molar-refractivity contribution < 1.29 is 3.07 Å². The van der Waals surface area contributed by atoms with Gasteiger partial charge in [-0.3, -0.25) is 0 Å². The first-order valence-corrected chi connectivity index (χ1v) is 15.1. The van der Waals surface area contributed by atoms with Crippen LogP contribution in [0.1, 0.15) is 18.6 Å². The van der Waals surface area contributed by atoms with Gasteiger partial charge in [0, 0.05) is 0 Å². The van der Waals surface area contributed by atoms with Crippen LogP contribution >= 0.6 is 0 Å². The van der Waals surface area contributed by atoms with E-state index in [1.165, 1.54) is 16.3 Å². The Hall–Kier alpha value is -2.36. The molecule has 1 unspecified atom stereocenters. The Balaban J connectivity index is 1.93. The van der Waals surface area contributed by atoms with Gasteiger partial charge in [-0.25, -0.2) is 0 Å². The first-order chi connectivity index (χ1) is 13.8. The van der Waals surface area contributed by atoms with E-state index in [-0.39, 0.29) is 6.10 Å². The van der Waals surface area contributed by atoms with Gasteiger partial charge in [0.2, 0.25) is 0 Å². The summed E-state index contributed by atoms with van der Waals surface area (Å²) < 4.78 is 11.2. The SMILES string of the molecule is CC([O][Sn]([c]1ccccc1)([c]1ccccc1)[c]1ccccc1)c1ccccc1. The number of benzene rings is 4. The molecule has 0 N–H and O–H groups in total. The first-order valence-electron chi connectivity index (χ1n) is 9.70. The molecule has 0 aliphatic rings. The second kappa shape index (κ2) is 8.76. The molecule has 0 spiro atoms. The first kappa shape index (κ1) is 19.0. The summed E-state index contributed by atoms with van der Waals surface area (Å²) in [6, 6.07) is 43.0. The molecule has 4 aromatic carbocycles. The quantitative estimate of drug-likeness (QED) is 0.379. The molecule has 0 aliphatic carbocycles. The zero-order chi connectivity index (χ0) is 19.2. The van der Waals surface area contributed by atoms with Crippen molar-refractivity contribution in [3.8, 4) is 0 Å². The molecule has 28 heavy (non-hydrogen) atoms. The molecule has 0 aromatic heterocycles. The topological polar surface area (TPSA) is 9.23 Å². The van der Waals surface area contributed by atoms with Crippen molar-refractivity contribution in [1.29, 1.82) is 0 Å². The molecule has 0 saturated heterocycles. The van der Waals surface area contributed by atoms with Gasteiger partial charge in [0.15, 0.2) is 0 Å². The van der Waals surface area contributed by atoms with E-state index in [0.29, 0.717) is 0 Å². The molecule has 0 bridgehead atoms. The Bertz CT molecular complexity index is 889. The second-order valence-electron chi connectivity index (χ2n) is 6.95. The fraction of sp³-hybridized carbons (Fsp3) is 0.0769. The van der Waals surface area contributed by atoms with Crippen LogP contribution in [0.25, 0.3) is 0 Å². The van der Waals surface area contributed by atoms with Gasteiger partial charge in [-0.15, -0.1) is 0 Å². The van der Waals surface area contributed by atoms with Crippen LogP contribution in [-0.4, -0.2) is 18.8 Å². The van der Waals surface area contributed by atoms with Crippen molar-refractivity contribution in [2.24, 2.45) is 0 Å². The molecule has 2 heteroatoms. The van der Waals surface area contributed by atoms with Gasteiger partial charge in [0.05, 0.1) is 0 Å². The summed E-state index contributed by atoms with van der Waals surface area (Å²) >= 11 is -3.68. The van der Waals surface area contributed by atoms with Gasteiger partial charge < -0.3 is 0 Å². The van der Waals surface area contributed by atoms with Crippen molar-refractivity contribution >= 4 is 29.5 Å². The summed E-state index contributed by atoms with van der Waals surface area (Å²) in [4.78, 5) is 0. The molecule has 4 aromatic rings. The summed E-state index contributed by atoms with van der Waals surface area (Å²) in [5, 5.41) is 0. The van der Waals surface area contributed by atoms with Gasteiger partial charge in [0.25, 0.3) is 0 Å². The number of rotatable bonds is 6. The normalized spacial score (nSPS) is 12.5. The average Bonchev–Trinajstić information content (AvgIpc) is 2.80. The fourth-order valence-corrected chi connectivity index (χ4v) is 15.4. The standard InChI is InChI=1S/C8H9O.3C6H5.Sn/c1-7(9)8-5-3-2-4-6-8;3*1-2-4-6-5-3-1;/h2-7H,1H3;3*1-5H;/q-1;;;;+1. The molecule has 0 radical (unpaired) electrons. The predicted octanol–water partition coefficient (Wildman–Crippen LogP) is 4.43. The Morgan fingerprint density at radius 1 is 0.500 bits per heavy atom. The fourth-order valence-electron chi connectivity index (χ4n) is 3.78. The van der Waals surface area contributed by atoms with Crippen LogP contribution < -0.4 is 10.7 Å². The van der Waals surface area contributed by atoms with Crippen LogP contribution in [0.4, 0.5) is 0 Å². The maximum atomic E-state index is 7.19. The predicted molar refractivity (Wildman–Crippen MR) is 120 cm³/mol. The van der Waals surface area contributed by atoms with E-state index in [0.717, 1.165) is 0 Å². The molecule has 0 heterocycles. The molecule has 0 saturated carbocycles. The van der Waals surface area contributed by atoms with Crippen molar-refractivity contribution in [3.63, 3.8) is 0 Å². The molecule has 0 amide bonds. The Labute approximate surface area is 172 Å². The van der Waals surface area contributed by atoms with Crippen molar-refractivity contribution in [2.75, 3.05) is 0 Å². The zero-order valence-electron chi connectivity index (χ0n) is 16.0. The molecule has 1 atom stereocenters. The van der Waals surface area contributed by atoms with E-state index in [9.17, 15) is 0 Å². The third-order valence-electron chi connectivity index (χ3n) is 5.16. The van der Waals surface area contributed by atoms with E-state index in [2.05, 4.69) is 128 Å². The molecule has 138 valence electrons. The van der Waals surface area contributed by atoms with E-state index in [1.807, 2.05) is 0 Å². The summed E-state index contributed by atoms with van der Waals surface area (Å²) in [6.07, 6.45) is 0.0117. The van der Waals surface area contributed by atoms with Gasteiger partial charge in [-0.2, -0.15) is 0 Å². The van der Waals surface area contributed by atoms with Gasteiger partial charge in [-0.1, -0.05) is 0 Å². The molecular weight excluding hydrogens is 447 g/mol. The number of hydrogen-bond acceptors (Lipinski definition) is 1. The van der Waals surface area contributed by atoms with E-state index in [1.54, 1.807) is 0 Å². The van der Waals surface area contributed by atoms with Crippen LogP contribution in [-0.2, 0) is 3.07 Å². The van der Waals surface area contributed by atoms with Crippen molar-refractivity contribution in [2.45, 2.75) is 13.0 Å². The molecule has 4 rings (SSSR count). The summed E-state index contributed by atoms with van der Waals surface area (Å²) in [5.74, 6) is 0. The van der Waals surface area contributed by atoms with Crippen LogP contribution in [0.5, 0.6) is 0 Å². The zero-order valence-corrected chi connectivity index (χ0v) is 18.9. The monoisotopic (exact) mass is 472 g/mol. The van der Waals surface area contributed by atoms with Gasteiger partial charge in [-0.05, 0) is 0 Å². The third kappa shape index (κ3) is 3.78.